The number of rotatable bonds is 5. The van der Waals surface area contributed by atoms with Gasteiger partial charge in [0.25, 0.3) is 5.91 Å². The number of fused-ring (bicyclic) bond motifs is 1. The lowest BCUT2D eigenvalue weighted by atomic mass is 10.1. The van der Waals surface area contributed by atoms with E-state index in [1.165, 1.54) is 0 Å². The number of amides is 1. The Kier molecular flexibility index (Phi) is 5.24. The SMILES string of the molecule is C[C@H]1Cc2ccccc2N1C(=O)COC(=O)COc1ccc(Cl)cc1. The standard InChI is InChI=1S/C19H18ClNO4/c1-13-10-14-4-2-3-5-17(14)21(13)18(22)11-25-19(23)12-24-16-8-6-15(20)7-9-16/h2-9,13H,10-12H2,1H3/t13-/m0/s1. The Bertz CT molecular complexity index is 775. The molecule has 2 aromatic rings. The van der Waals surface area contributed by atoms with Crippen molar-refractivity contribution >= 4 is 29.2 Å². The average Bonchev–Trinajstić information content (AvgIpc) is 2.95. The molecule has 0 bridgehead atoms. The summed E-state index contributed by atoms with van der Waals surface area (Å²) in [6.07, 6.45) is 0.801. The summed E-state index contributed by atoms with van der Waals surface area (Å²) in [5, 5.41) is 0.584. The third kappa shape index (κ3) is 4.12. The second kappa shape index (κ2) is 7.57. The van der Waals surface area contributed by atoms with Crippen LogP contribution in [0.4, 0.5) is 5.69 Å². The van der Waals surface area contributed by atoms with Crippen molar-refractivity contribution in [2.75, 3.05) is 18.1 Å². The Hall–Kier alpha value is -2.53. The predicted octanol–water partition coefficient (Wildman–Crippen LogP) is 3.24. The number of esters is 1. The molecule has 0 radical (unpaired) electrons. The van der Waals surface area contributed by atoms with E-state index in [9.17, 15) is 9.59 Å². The topological polar surface area (TPSA) is 55.8 Å². The highest BCUT2D eigenvalue weighted by atomic mass is 35.5. The van der Waals surface area contributed by atoms with Gasteiger partial charge in [-0.2, -0.15) is 0 Å². The maximum absolute atomic E-state index is 12.4. The summed E-state index contributed by atoms with van der Waals surface area (Å²) in [5.74, 6) is -0.324. The second-order valence-corrected chi connectivity index (χ2v) is 6.29. The van der Waals surface area contributed by atoms with Crippen LogP contribution in [0.5, 0.6) is 5.75 Å². The Balaban J connectivity index is 1.50. The van der Waals surface area contributed by atoms with E-state index >= 15 is 0 Å². The largest absolute Gasteiger partial charge is 0.482 e. The van der Waals surface area contributed by atoms with Crippen LogP contribution in [0.25, 0.3) is 0 Å². The number of anilines is 1. The molecule has 0 aliphatic carbocycles. The van der Waals surface area contributed by atoms with E-state index in [0.717, 1.165) is 17.7 Å². The van der Waals surface area contributed by atoms with E-state index in [2.05, 4.69) is 0 Å². The monoisotopic (exact) mass is 359 g/mol. The molecule has 1 heterocycles. The Morgan fingerprint density at radius 2 is 1.84 bits per heavy atom. The number of carbonyl (C=O) groups excluding carboxylic acids is 2. The molecule has 1 amide bonds. The molecule has 0 fully saturated rings. The van der Waals surface area contributed by atoms with E-state index in [4.69, 9.17) is 21.1 Å². The Morgan fingerprint density at radius 1 is 1.12 bits per heavy atom. The average molecular weight is 360 g/mol. The van der Waals surface area contributed by atoms with Gasteiger partial charge < -0.3 is 14.4 Å². The summed E-state index contributed by atoms with van der Waals surface area (Å²) >= 11 is 5.78. The molecule has 5 nitrogen and oxygen atoms in total. The third-order valence-electron chi connectivity index (χ3n) is 4.00. The van der Waals surface area contributed by atoms with Gasteiger partial charge in [0.05, 0.1) is 0 Å². The number of ether oxygens (including phenoxy) is 2. The molecule has 130 valence electrons. The second-order valence-electron chi connectivity index (χ2n) is 5.85. The van der Waals surface area contributed by atoms with E-state index in [-0.39, 0.29) is 25.2 Å². The number of hydrogen-bond acceptors (Lipinski definition) is 4. The maximum Gasteiger partial charge on any atom is 0.344 e. The number of benzene rings is 2. The Morgan fingerprint density at radius 3 is 2.60 bits per heavy atom. The van der Waals surface area contributed by atoms with Crippen LogP contribution < -0.4 is 9.64 Å². The first-order valence-electron chi connectivity index (χ1n) is 7.98. The molecule has 1 aliphatic rings. The van der Waals surface area contributed by atoms with Crippen molar-refractivity contribution in [3.63, 3.8) is 0 Å². The fourth-order valence-corrected chi connectivity index (χ4v) is 3.00. The molecule has 1 atom stereocenters. The highest BCUT2D eigenvalue weighted by molar-refractivity contribution is 6.30. The van der Waals surface area contributed by atoms with Gasteiger partial charge in [-0.3, -0.25) is 4.79 Å². The van der Waals surface area contributed by atoms with Gasteiger partial charge in [-0.05, 0) is 49.2 Å². The van der Waals surface area contributed by atoms with E-state index < -0.39 is 5.97 Å². The van der Waals surface area contributed by atoms with Crippen molar-refractivity contribution in [2.24, 2.45) is 0 Å². The lowest BCUT2D eigenvalue weighted by Gasteiger charge is -2.22. The summed E-state index contributed by atoms with van der Waals surface area (Å²) in [6.45, 7) is 1.41. The summed E-state index contributed by atoms with van der Waals surface area (Å²) in [5.41, 5.74) is 2.01. The van der Waals surface area contributed by atoms with Crippen LogP contribution in [0.3, 0.4) is 0 Å². The van der Waals surface area contributed by atoms with E-state index in [1.54, 1.807) is 29.2 Å². The lowest BCUT2D eigenvalue weighted by Crippen LogP contribution is -2.39. The van der Waals surface area contributed by atoms with Crippen molar-refractivity contribution < 1.29 is 19.1 Å². The summed E-state index contributed by atoms with van der Waals surface area (Å²) in [7, 11) is 0. The van der Waals surface area contributed by atoms with Crippen molar-refractivity contribution in [1.82, 2.24) is 0 Å². The molecule has 0 N–H and O–H groups in total. The van der Waals surface area contributed by atoms with Crippen molar-refractivity contribution in [2.45, 2.75) is 19.4 Å². The molecule has 0 unspecified atom stereocenters. The van der Waals surface area contributed by atoms with Gasteiger partial charge in [-0.15, -0.1) is 0 Å². The van der Waals surface area contributed by atoms with Gasteiger partial charge >= 0.3 is 5.97 Å². The molecular formula is C19H18ClNO4. The molecule has 0 saturated heterocycles. The fourth-order valence-electron chi connectivity index (χ4n) is 2.87. The zero-order valence-electron chi connectivity index (χ0n) is 13.8. The minimum Gasteiger partial charge on any atom is -0.482 e. The van der Waals surface area contributed by atoms with Crippen LogP contribution in [-0.4, -0.2) is 31.1 Å². The minimum absolute atomic E-state index is 0.0499. The number of para-hydroxylation sites is 1. The summed E-state index contributed by atoms with van der Waals surface area (Å²) in [6, 6.07) is 14.4. The van der Waals surface area contributed by atoms with Crippen LogP contribution in [0.1, 0.15) is 12.5 Å². The maximum atomic E-state index is 12.4. The Labute approximate surface area is 151 Å². The van der Waals surface area contributed by atoms with E-state index in [1.807, 2.05) is 31.2 Å². The first-order chi connectivity index (χ1) is 12.0. The zero-order chi connectivity index (χ0) is 17.8. The van der Waals surface area contributed by atoms with Crippen LogP contribution in [0, 0.1) is 0 Å². The molecule has 1 aliphatic heterocycles. The molecule has 0 aromatic heterocycles. The molecule has 2 aromatic carbocycles. The van der Waals surface area contributed by atoms with Crippen LogP contribution in [-0.2, 0) is 20.7 Å². The highest BCUT2D eigenvalue weighted by Crippen LogP contribution is 2.31. The summed E-state index contributed by atoms with van der Waals surface area (Å²) < 4.78 is 10.3. The first-order valence-corrected chi connectivity index (χ1v) is 8.36. The van der Waals surface area contributed by atoms with Gasteiger partial charge in [-0.25, -0.2) is 4.79 Å². The molecule has 6 heteroatoms. The third-order valence-corrected chi connectivity index (χ3v) is 4.25. The van der Waals surface area contributed by atoms with Crippen molar-refractivity contribution in [3.05, 3.63) is 59.1 Å². The summed E-state index contributed by atoms with van der Waals surface area (Å²) in [4.78, 5) is 25.9. The fraction of sp³-hybridized carbons (Fsp3) is 0.263. The predicted molar refractivity (Wildman–Crippen MR) is 95.0 cm³/mol. The minimum atomic E-state index is -0.594. The molecule has 0 saturated carbocycles. The van der Waals surface area contributed by atoms with Crippen molar-refractivity contribution in [3.8, 4) is 5.75 Å². The quantitative estimate of drug-likeness (QED) is 0.769. The molecule has 0 spiro atoms. The normalized spacial score (nSPS) is 15.6. The lowest BCUT2D eigenvalue weighted by molar-refractivity contribution is -0.149. The molecule has 3 rings (SSSR count). The number of carbonyl (C=O) groups is 2. The van der Waals surface area contributed by atoms with Gasteiger partial charge in [0.1, 0.15) is 5.75 Å². The zero-order valence-corrected chi connectivity index (χ0v) is 14.5. The van der Waals surface area contributed by atoms with Gasteiger partial charge in [-0.1, -0.05) is 29.8 Å². The van der Waals surface area contributed by atoms with Crippen LogP contribution in [0.15, 0.2) is 48.5 Å². The highest BCUT2D eigenvalue weighted by Gasteiger charge is 2.30. The molecule has 25 heavy (non-hydrogen) atoms. The van der Waals surface area contributed by atoms with Gasteiger partial charge in [0, 0.05) is 16.8 Å². The van der Waals surface area contributed by atoms with Crippen molar-refractivity contribution in [1.29, 1.82) is 0 Å². The molecular weight excluding hydrogens is 342 g/mol. The first kappa shape index (κ1) is 17.3. The van der Waals surface area contributed by atoms with Crippen LogP contribution >= 0.6 is 11.6 Å². The van der Waals surface area contributed by atoms with E-state index in [0.29, 0.717) is 10.8 Å². The number of halogens is 1. The van der Waals surface area contributed by atoms with Crippen LogP contribution in [0.2, 0.25) is 5.02 Å². The van der Waals surface area contributed by atoms with Gasteiger partial charge in [0.15, 0.2) is 13.2 Å². The smallest absolute Gasteiger partial charge is 0.344 e. The number of hydrogen-bond donors (Lipinski definition) is 0. The number of nitrogens with zero attached hydrogens (tertiary/aromatic N) is 1. The van der Waals surface area contributed by atoms with Gasteiger partial charge in [0.2, 0.25) is 0 Å².